The number of hydrogen-bond donors (Lipinski definition) is 0. The quantitative estimate of drug-likeness (QED) is 0.772. The third-order valence-corrected chi connectivity index (χ3v) is 4.13. The second kappa shape index (κ2) is 5.18. The third-order valence-electron chi connectivity index (χ3n) is 4.13. The second-order valence-corrected chi connectivity index (χ2v) is 5.27. The summed E-state index contributed by atoms with van der Waals surface area (Å²) in [5, 5.41) is 9.55. The van der Waals surface area contributed by atoms with Crippen molar-refractivity contribution in [1.29, 1.82) is 5.26 Å². The van der Waals surface area contributed by atoms with Crippen molar-refractivity contribution < 1.29 is 4.74 Å². The fraction of sp³-hybridized carbons (Fsp3) is 0.600. The highest BCUT2D eigenvalue weighted by Crippen LogP contribution is 2.31. The summed E-state index contributed by atoms with van der Waals surface area (Å²) < 4.78 is 5.39. The minimum absolute atomic E-state index is 0.725. The molecule has 0 amide bonds. The van der Waals surface area contributed by atoms with Crippen molar-refractivity contribution in [2.24, 2.45) is 0 Å². The topological polar surface area (TPSA) is 49.2 Å². The van der Waals surface area contributed by atoms with Crippen molar-refractivity contribution >= 4 is 5.82 Å². The maximum Gasteiger partial charge on any atom is 0.147 e. The number of aromatic nitrogens is 1. The Labute approximate surface area is 114 Å². The van der Waals surface area contributed by atoms with E-state index in [-0.39, 0.29) is 0 Å². The molecule has 0 aromatic carbocycles. The van der Waals surface area contributed by atoms with Crippen molar-refractivity contribution in [2.75, 3.05) is 31.2 Å². The lowest BCUT2D eigenvalue weighted by molar-refractivity contribution is 0.122. The summed E-state index contributed by atoms with van der Waals surface area (Å²) in [6, 6.07) is 2.40. The number of rotatable bonds is 1. The number of fused-ring (bicyclic) bond motifs is 1. The summed E-state index contributed by atoms with van der Waals surface area (Å²) in [5.41, 5.74) is 4.49. The molecule has 19 heavy (non-hydrogen) atoms. The second-order valence-electron chi connectivity index (χ2n) is 5.27. The molecule has 2 aliphatic rings. The molecule has 0 N–H and O–H groups in total. The van der Waals surface area contributed by atoms with Crippen LogP contribution in [0, 0.1) is 18.3 Å². The molecule has 0 radical (unpaired) electrons. The molecule has 4 nitrogen and oxygen atoms in total. The van der Waals surface area contributed by atoms with Crippen LogP contribution >= 0.6 is 0 Å². The lowest BCUT2D eigenvalue weighted by Crippen LogP contribution is -2.37. The van der Waals surface area contributed by atoms with Gasteiger partial charge < -0.3 is 9.64 Å². The molecule has 1 saturated heterocycles. The van der Waals surface area contributed by atoms with Crippen molar-refractivity contribution in [3.05, 3.63) is 22.4 Å². The van der Waals surface area contributed by atoms with Gasteiger partial charge in [-0.3, -0.25) is 0 Å². The van der Waals surface area contributed by atoms with Gasteiger partial charge in [0.15, 0.2) is 0 Å². The lowest BCUT2D eigenvalue weighted by atomic mass is 9.88. The molecule has 1 fully saturated rings. The smallest absolute Gasteiger partial charge is 0.147 e. The molecular formula is C15H19N3O. The van der Waals surface area contributed by atoms with Crippen molar-refractivity contribution in [3.8, 4) is 6.07 Å². The van der Waals surface area contributed by atoms with Gasteiger partial charge in [-0.05, 0) is 43.7 Å². The summed E-state index contributed by atoms with van der Waals surface area (Å²) in [6.07, 6.45) is 4.51. The van der Waals surface area contributed by atoms with Crippen LogP contribution in [0.1, 0.15) is 35.2 Å². The molecular weight excluding hydrogens is 238 g/mol. The van der Waals surface area contributed by atoms with Crippen LogP contribution in [0.15, 0.2) is 0 Å². The Morgan fingerprint density at radius 2 is 1.84 bits per heavy atom. The van der Waals surface area contributed by atoms with E-state index in [9.17, 15) is 5.26 Å². The van der Waals surface area contributed by atoms with E-state index < -0.39 is 0 Å². The Morgan fingerprint density at radius 1 is 1.16 bits per heavy atom. The Bertz CT molecular complexity index is 527. The van der Waals surface area contributed by atoms with Gasteiger partial charge in [0.2, 0.25) is 0 Å². The van der Waals surface area contributed by atoms with Gasteiger partial charge in [0.1, 0.15) is 11.9 Å². The lowest BCUT2D eigenvalue weighted by Gasteiger charge is -2.31. The zero-order valence-corrected chi connectivity index (χ0v) is 11.4. The first-order chi connectivity index (χ1) is 9.31. The molecule has 2 heterocycles. The van der Waals surface area contributed by atoms with E-state index in [1.165, 1.54) is 24.0 Å². The highest BCUT2D eigenvalue weighted by atomic mass is 16.5. The van der Waals surface area contributed by atoms with E-state index in [1.54, 1.807) is 0 Å². The number of aryl methyl sites for hydroxylation is 1. The highest BCUT2D eigenvalue weighted by molar-refractivity contribution is 5.61. The third kappa shape index (κ3) is 2.19. The number of morpholine rings is 1. The Kier molecular flexibility index (Phi) is 3.39. The van der Waals surface area contributed by atoms with Crippen LogP contribution in [-0.4, -0.2) is 31.3 Å². The van der Waals surface area contributed by atoms with Gasteiger partial charge in [0.25, 0.3) is 0 Å². The molecule has 1 aromatic heterocycles. The normalized spacial score (nSPS) is 18.8. The molecule has 0 bridgehead atoms. The van der Waals surface area contributed by atoms with Crippen molar-refractivity contribution in [2.45, 2.75) is 32.6 Å². The molecule has 100 valence electrons. The first-order valence-corrected chi connectivity index (χ1v) is 7.06. The van der Waals surface area contributed by atoms with Crippen LogP contribution in [0.4, 0.5) is 5.82 Å². The summed E-state index contributed by atoms with van der Waals surface area (Å²) in [7, 11) is 0. The average Bonchev–Trinajstić information content (AvgIpc) is 2.48. The summed E-state index contributed by atoms with van der Waals surface area (Å²) in [4.78, 5) is 6.93. The molecule has 1 aromatic rings. The highest BCUT2D eigenvalue weighted by Gasteiger charge is 2.24. The van der Waals surface area contributed by atoms with Gasteiger partial charge in [-0.1, -0.05) is 0 Å². The van der Waals surface area contributed by atoms with E-state index in [0.29, 0.717) is 0 Å². The standard InChI is InChI=1S/C15H19N3O/c1-11-12-4-2-3-5-13(12)14(10-16)15(17-11)18-6-8-19-9-7-18/h2-9H2,1H3. The maximum absolute atomic E-state index is 9.55. The predicted octanol–water partition coefficient (Wildman–Crippen LogP) is 1.98. The number of nitriles is 1. The molecule has 0 spiro atoms. The van der Waals surface area contributed by atoms with Gasteiger partial charge in [-0.2, -0.15) is 5.26 Å². The van der Waals surface area contributed by atoms with Gasteiger partial charge in [-0.15, -0.1) is 0 Å². The predicted molar refractivity (Wildman–Crippen MR) is 73.4 cm³/mol. The monoisotopic (exact) mass is 257 g/mol. The molecule has 0 unspecified atom stereocenters. The molecule has 1 aliphatic carbocycles. The summed E-state index contributed by atoms with van der Waals surface area (Å²) in [5.74, 6) is 0.879. The zero-order valence-electron chi connectivity index (χ0n) is 11.4. The Morgan fingerprint density at radius 3 is 2.53 bits per heavy atom. The molecule has 3 rings (SSSR count). The Hall–Kier alpha value is -1.60. The van der Waals surface area contributed by atoms with E-state index in [0.717, 1.165) is 56.2 Å². The van der Waals surface area contributed by atoms with Crippen LogP contribution < -0.4 is 4.90 Å². The Balaban J connectivity index is 2.09. The van der Waals surface area contributed by atoms with Crippen molar-refractivity contribution in [3.63, 3.8) is 0 Å². The SMILES string of the molecule is Cc1nc(N2CCOCC2)c(C#N)c2c1CCCC2. The van der Waals surface area contributed by atoms with E-state index in [1.807, 2.05) is 0 Å². The maximum atomic E-state index is 9.55. The van der Waals surface area contributed by atoms with Crippen LogP contribution in [-0.2, 0) is 17.6 Å². The van der Waals surface area contributed by atoms with Crippen LogP contribution in [0.5, 0.6) is 0 Å². The number of hydrogen-bond acceptors (Lipinski definition) is 4. The van der Waals surface area contributed by atoms with Gasteiger partial charge in [0, 0.05) is 18.8 Å². The largest absolute Gasteiger partial charge is 0.378 e. The summed E-state index contributed by atoms with van der Waals surface area (Å²) in [6.45, 7) is 5.19. The van der Waals surface area contributed by atoms with Crippen LogP contribution in [0.25, 0.3) is 0 Å². The zero-order chi connectivity index (χ0) is 13.2. The number of anilines is 1. The van der Waals surface area contributed by atoms with Gasteiger partial charge in [0.05, 0.1) is 18.8 Å². The fourth-order valence-corrected chi connectivity index (χ4v) is 3.12. The van der Waals surface area contributed by atoms with Gasteiger partial charge >= 0.3 is 0 Å². The number of nitrogens with zero attached hydrogens (tertiary/aromatic N) is 3. The molecule has 0 saturated carbocycles. The average molecular weight is 257 g/mol. The first kappa shape index (κ1) is 12.4. The fourth-order valence-electron chi connectivity index (χ4n) is 3.12. The van der Waals surface area contributed by atoms with E-state index >= 15 is 0 Å². The van der Waals surface area contributed by atoms with Crippen molar-refractivity contribution in [1.82, 2.24) is 4.98 Å². The minimum Gasteiger partial charge on any atom is -0.378 e. The number of ether oxygens (including phenoxy) is 1. The van der Waals surface area contributed by atoms with E-state index in [4.69, 9.17) is 9.72 Å². The first-order valence-electron chi connectivity index (χ1n) is 7.06. The van der Waals surface area contributed by atoms with Crippen LogP contribution in [0.2, 0.25) is 0 Å². The van der Waals surface area contributed by atoms with Gasteiger partial charge in [-0.25, -0.2) is 4.98 Å². The molecule has 1 aliphatic heterocycles. The number of pyridine rings is 1. The van der Waals surface area contributed by atoms with Crippen LogP contribution in [0.3, 0.4) is 0 Å². The van der Waals surface area contributed by atoms with E-state index in [2.05, 4.69) is 17.9 Å². The minimum atomic E-state index is 0.725. The summed E-state index contributed by atoms with van der Waals surface area (Å²) >= 11 is 0. The molecule has 0 atom stereocenters. The molecule has 4 heteroatoms.